The van der Waals surface area contributed by atoms with Gasteiger partial charge in [-0.05, 0) is 37.1 Å². The van der Waals surface area contributed by atoms with Crippen molar-refractivity contribution in [1.29, 1.82) is 0 Å². The zero-order chi connectivity index (χ0) is 18.1. The Morgan fingerprint density at radius 1 is 1.04 bits per heavy atom. The van der Waals surface area contributed by atoms with Crippen LogP contribution in [-0.2, 0) is 10.0 Å². The molecule has 4 rings (SSSR count). The smallest absolute Gasteiger partial charge is 0.246 e. The summed E-state index contributed by atoms with van der Waals surface area (Å²) in [4.78, 5) is 0.217. The van der Waals surface area contributed by atoms with E-state index in [1.807, 2.05) is 28.8 Å². The van der Waals surface area contributed by atoms with Gasteiger partial charge in [-0.15, -0.1) is 10.2 Å². The molecule has 0 aliphatic carbocycles. The maximum atomic E-state index is 13.0. The van der Waals surface area contributed by atoms with E-state index >= 15 is 0 Å². The summed E-state index contributed by atoms with van der Waals surface area (Å²) in [6.45, 7) is 0.902. The van der Waals surface area contributed by atoms with Crippen LogP contribution in [0.15, 0.2) is 53.6 Å². The molecule has 8 heteroatoms. The Bertz CT molecular complexity index is 1020. The summed E-state index contributed by atoms with van der Waals surface area (Å²) < 4.78 is 34.7. The van der Waals surface area contributed by atoms with Crippen molar-refractivity contribution < 1.29 is 13.2 Å². The number of hydrogen-bond donors (Lipinski definition) is 0. The Kier molecular flexibility index (Phi) is 4.37. The Morgan fingerprint density at radius 2 is 1.77 bits per heavy atom. The maximum Gasteiger partial charge on any atom is 0.246 e. The number of nitrogens with zero attached hydrogens (tertiary/aromatic N) is 4. The number of pyridine rings is 1. The maximum absolute atomic E-state index is 13.0. The van der Waals surface area contributed by atoms with E-state index in [1.54, 1.807) is 24.3 Å². The lowest BCUT2D eigenvalue weighted by atomic mass is 9.97. The molecular formula is C18H20N4O3S. The van der Waals surface area contributed by atoms with Gasteiger partial charge in [-0.25, -0.2) is 8.42 Å². The van der Waals surface area contributed by atoms with Crippen LogP contribution in [0.2, 0.25) is 0 Å². The number of piperidine rings is 1. The van der Waals surface area contributed by atoms with Crippen molar-refractivity contribution in [2.24, 2.45) is 0 Å². The molecular weight excluding hydrogens is 352 g/mol. The van der Waals surface area contributed by atoms with Crippen LogP contribution in [-0.4, -0.2) is 47.5 Å². The van der Waals surface area contributed by atoms with Crippen molar-refractivity contribution in [3.8, 4) is 5.75 Å². The summed E-state index contributed by atoms with van der Waals surface area (Å²) in [6.07, 6.45) is 3.37. The molecule has 0 atom stereocenters. The van der Waals surface area contributed by atoms with E-state index in [1.165, 1.54) is 11.4 Å². The molecule has 136 valence electrons. The molecule has 1 aliphatic rings. The molecule has 0 saturated carbocycles. The van der Waals surface area contributed by atoms with Crippen molar-refractivity contribution in [3.05, 3.63) is 54.5 Å². The standard InChI is InChI=1S/C18H20N4O3S/c1-25-15-6-2-3-7-16(15)26(23,24)21-12-9-14(10-13-21)18-20-19-17-8-4-5-11-22(17)18/h2-8,11,14H,9-10,12-13H2,1H3. The van der Waals surface area contributed by atoms with Gasteiger partial charge >= 0.3 is 0 Å². The Balaban J connectivity index is 1.55. The average molecular weight is 372 g/mol. The number of fused-ring (bicyclic) bond motifs is 1. The summed E-state index contributed by atoms with van der Waals surface area (Å²) in [6, 6.07) is 12.5. The van der Waals surface area contributed by atoms with E-state index in [0.29, 0.717) is 31.7 Å². The molecule has 1 saturated heterocycles. The first-order valence-electron chi connectivity index (χ1n) is 8.54. The van der Waals surface area contributed by atoms with Gasteiger partial charge in [0.2, 0.25) is 10.0 Å². The van der Waals surface area contributed by atoms with Gasteiger partial charge in [0.05, 0.1) is 7.11 Å². The van der Waals surface area contributed by atoms with Crippen LogP contribution in [0.5, 0.6) is 5.75 Å². The van der Waals surface area contributed by atoms with Gasteiger partial charge in [0.1, 0.15) is 16.5 Å². The second-order valence-corrected chi connectivity index (χ2v) is 8.22. The first kappa shape index (κ1) is 17.0. The third kappa shape index (κ3) is 2.85. The summed E-state index contributed by atoms with van der Waals surface area (Å²) in [5.74, 6) is 1.46. The molecule has 1 fully saturated rings. The second-order valence-electron chi connectivity index (χ2n) is 6.32. The Hall–Kier alpha value is -2.45. The molecule has 7 nitrogen and oxygen atoms in total. The SMILES string of the molecule is COc1ccccc1S(=O)(=O)N1CCC(c2nnc3ccccn23)CC1. The first-order valence-corrected chi connectivity index (χ1v) is 9.98. The van der Waals surface area contributed by atoms with Crippen molar-refractivity contribution in [3.63, 3.8) is 0 Å². The third-order valence-electron chi connectivity index (χ3n) is 4.85. The number of aromatic nitrogens is 3. The fraction of sp³-hybridized carbons (Fsp3) is 0.333. The molecule has 0 radical (unpaired) electrons. The van der Waals surface area contributed by atoms with Gasteiger partial charge in [-0.1, -0.05) is 18.2 Å². The van der Waals surface area contributed by atoms with Crippen LogP contribution in [0.1, 0.15) is 24.6 Å². The van der Waals surface area contributed by atoms with E-state index in [4.69, 9.17) is 4.74 Å². The van der Waals surface area contributed by atoms with E-state index in [2.05, 4.69) is 10.2 Å². The van der Waals surface area contributed by atoms with Crippen LogP contribution in [0.4, 0.5) is 0 Å². The Morgan fingerprint density at radius 3 is 2.54 bits per heavy atom. The molecule has 26 heavy (non-hydrogen) atoms. The lowest BCUT2D eigenvalue weighted by molar-refractivity contribution is 0.311. The van der Waals surface area contributed by atoms with Crippen molar-refractivity contribution in [1.82, 2.24) is 18.9 Å². The van der Waals surface area contributed by atoms with Gasteiger partial charge in [-0.3, -0.25) is 4.40 Å². The fourth-order valence-corrected chi connectivity index (χ4v) is 5.09. The van der Waals surface area contributed by atoms with E-state index < -0.39 is 10.0 Å². The molecule has 0 spiro atoms. The predicted molar refractivity (Wildman–Crippen MR) is 96.7 cm³/mol. The number of benzene rings is 1. The van der Waals surface area contributed by atoms with Crippen molar-refractivity contribution >= 4 is 15.7 Å². The molecule has 0 N–H and O–H groups in total. The Labute approximate surface area is 152 Å². The predicted octanol–water partition coefficient (Wildman–Crippen LogP) is 2.31. The van der Waals surface area contributed by atoms with Crippen LogP contribution >= 0.6 is 0 Å². The minimum atomic E-state index is -3.57. The molecule has 3 heterocycles. The van der Waals surface area contributed by atoms with Crippen LogP contribution in [0.3, 0.4) is 0 Å². The number of para-hydroxylation sites is 1. The largest absolute Gasteiger partial charge is 0.495 e. The number of hydrogen-bond acceptors (Lipinski definition) is 5. The van der Waals surface area contributed by atoms with Crippen LogP contribution < -0.4 is 4.74 Å². The first-order chi connectivity index (χ1) is 12.6. The van der Waals surface area contributed by atoms with Crippen LogP contribution in [0.25, 0.3) is 5.65 Å². The van der Waals surface area contributed by atoms with E-state index in [9.17, 15) is 8.42 Å². The number of sulfonamides is 1. The second kappa shape index (κ2) is 6.69. The van der Waals surface area contributed by atoms with Gasteiger partial charge in [0, 0.05) is 25.2 Å². The summed E-state index contributed by atoms with van der Waals surface area (Å²) >= 11 is 0. The summed E-state index contributed by atoms with van der Waals surface area (Å²) in [5, 5.41) is 8.51. The minimum Gasteiger partial charge on any atom is -0.495 e. The number of methoxy groups -OCH3 is 1. The molecule has 1 aromatic carbocycles. The zero-order valence-electron chi connectivity index (χ0n) is 14.4. The monoisotopic (exact) mass is 372 g/mol. The molecule has 2 aromatic heterocycles. The molecule has 0 unspecified atom stereocenters. The third-order valence-corrected chi connectivity index (χ3v) is 6.78. The van der Waals surface area contributed by atoms with Gasteiger partial charge in [0.25, 0.3) is 0 Å². The minimum absolute atomic E-state index is 0.191. The highest BCUT2D eigenvalue weighted by Crippen LogP contribution is 2.32. The lowest BCUT2D eigenvalue weighted by Gasteiger charge is -2.30. The van der Waals surface area contributed by atoms with Crippen LogP contribution in [0, 0.1) is 0 Å². The van der Waals surface area contributed by atoms with Gasteiger partial charge in [-0.2, -0.15) is 4.31 Å². The summed E-state index contributed by atoms with van der Waals surface area (Å²) in [5.41, 5.74) is 0.812. The normalized spacial score (nSPS) is 16.8. The quantitative estimate of drug-likeness (QED) is 0.702. The zero-order valence-corrected chi connectivity index (χ0v) is 15.3. The lowest BCUT2D eigenvalue weighted by Crippen LogP contribution is -2.38. The number of rotatable bonds is 4. The summed E-state index contributed by atoms with van der Waals surface area (Å²) in [7, 11) is -2.09. The van der Waals surface area contributed by atoms with Crippen molar-refractivity contribution in [2.75, 3.05) is 20.2 Å². The van der Waals surface area contributed by atoms with Gasteiger partial charge in [0.15, 0.2) is 5.65 Å². The highest BCUT2D eigenvalue weighted by Gasteiger charge is 2.33. The molecule has 0 bridgehead atoms. The van der Waals surface area contributed by atoms with E-state index in [-0.39, 0.29) is 10.8 Å². The topological polar surface area (TPSA) is 76.8 Å². The highest BCUT2D eigenvalue weighted by atomic mass is 32.2. The molecule has 0 amide bonds. The molecule has 1 aliphatic heterocycles. The molecule has 3 aromatic rings. The average Bonchev–Trinajstić information content (AvgIpc) is 3.12. The van der Waals surface area contributed by atoms with E-state index in [0.717, 1.165) is 11.5 Å². The van der Waals surface area contributed by atoms with Gasteiger partial charge < -0.3 is 4.74 Å². The fourth-order valence-electron chi connectivity index (χ4n) is 3.46. The number of ether oxygens (including phenoxy) is 1. The highest BCUT2D eigenvalue weighted by molar-refractivity contribution is 7.89. The van der Waals surface area contributed by atoms with Crippen molar-refractivity contribution in [2.45, 2.75) is 23.7 Å².